The number of ether oxygens (including phenoxy) is 1. The third-order valence-electron chi connectivity index (χ3n) is 3.11. The maximum absolute atomic E-state index is 5.84. The number of aromatic nitrogens is 2. The molecule has 0 amide bonds. The van der Waals surface area contributed by atoms with Crippen LogP contribution in [0.5, 0.6) is 5.88 Å². The number of anilines is 1. The van der Waals surface area contributed by atoms with Crippen molar-refractivity contribution in [2.75, 3.05) is 25.9 Å². The number of methoxy groups -OCH3 is 1. The molecule has 1 aliphatic heterocycles. The van der Waals surface area contributed by atoms with Crippen molar-refractivity contribution >= 4 is 5.69 Å². The van der Waals surface area contributed by atoms with Crippen LogP contribution in [0, 0.1) is 0 Å². The molecule has 2 rings (SSSR count). The van der Waals surface area contributed by atoms with Gasteiger partial charge in [0.2, 0.25) is 0 Å². The molecule has 0 bridgehead atoms. The molecule has 1 aliphatic rings. The van der Waals surface area contributed by atoms with Gasteiger partial charge in [0.25, 0.3) is 5.88 Å². The van der Waals surface area contributed by atoms with Gasteiger partial charge in [0, 0.05) is 0 Å². The molecular weight excluding hydrogens is 204 g/mol. The highest BCUT2D eigenvalue weighted by molar-refractivity contribution is 5.48. The van der Waals surface area contributed by atoms with Gasteiger partial charge in [-0.25, -0.2) is 0 Å². The lowest BCUT2D eigenvalue weighted by Crippen LogP contribution is -2.23. The first-order valence-corrected chi connectivity index (χ1v) is 5.67. The first-order valence-electron chi connectivity index (χ1n) is 5.67. The Morgan fingerprint density at radius 2 is 2.38 bits per heavy atom. The van der Waals surface area contributed by atoms with Crippen LogP contribution in [0.3, 0.4) is 0 Å². The van der Waals surface area contributed by atoms with E-state index in [4.69, 9.17) is 10.5 Å². The Morgan fingerprint density at radius 1 is 1.56 bits per heavy atom. The van der Waals surface area contributed by atoms with Gasteiger partial charge < -0.3 is 10.5 Å². The number of likely N-dealkylation sites (tertiary alicyclic amines) is 1. The lowest BCUT2D eigenvalue weighted by molar-refractivity contribution is 0.265. The van der Waals surface area contributed by atoms with Crippen molar-refractivity contribution in [3.63, 3.8) is 0 Å². The zero-order chi connectivity index (χ0) is 11.5. The zero-order valence-electron chi connectivity index (χ0n) is 9.81. The number of rotatable bonds is 3. The normalized spacial score (nSPS) is 21.2. The van der Waals surface area contributed by atoms with E-state index in [1.807, 2.05) is 6.07 Å². The molecule has 1 atom stereocenters. The largest absolute Gasteiger partial charge is 0.478 e. The van der Waals surface area contributed by atoms with Crippen molar-refractivity contribution in [3.05, 3.63) is 11.8 Å². The summed E-state index contributed by atoms with van der Waals surface area (Å²) in [6.45, 7) is 4.34. The van der Waals surface area contributed by atoms with E-state index in [1.165, 1.54) is 6.42 Å². The first kappa shape index (κ1) is 11.1. The van der Waals surface area contributed by atoms with Crippen molar-refractivity contribution < 1.29 is 4.74 Å². The Balaban J connectivity index is 2.23. The molecule has 5 heteroatoms. The van der Waals surface area contributed by atoms with E-state index < -0.39 is 0 Å². The summed E-state index contributed by atoms with van der Waals surface area (Å²) in [4.78, 5) is 2.40. The maximum Gasteiger partial charge on any atom is 0.256 e. The van der Waals surface area contributed by atoms with Gasteiger partial charge in [-0.3, -0.25) is 4.90 Å². The average Bonchev–Trinajstić information content (AvgIpc) is 2.77. The molecule has 0 radical (unpaired) electrons. The highest BCUT2D eigenvalue weighted by Crippen LogP contribution is 2.31. The Bertz CT molecular complexity index is 369. The molecule has 88 valence electrons. The lowest BCUT2D eigenvalue weighted by atomic mass is 10.1. The lowest BCUT2D eigenvalue weighted by Gasteiger charge is -2.21. The van der Waals surface area contributed by atoms with Crippen molar-refractivity contribution in [2.45, 2.75) is 25.8 Å². The Kier molecular flexibility index (Phi) is 3.24. The van der Waals surface area contributed by atoms with Crippen LogP contribution in [-0.4, -0.2) is 35.3 Å². The van der Waals surface area contributed by atoms with Gasteiger partial charge in [-0.05, 0) is 32.0 Å². The van der Waals surface area contributed by atoms with Gasteiger partial charge in [0.05, 0.1) is 24.5 Å². The minimum Gasteiger partial charge on any atom is -0.478 e. The van der Waals surface area contributed by atoms with E-state index in [-0.39, 0.29) is 0 Å². The second-order valence-electron chi connectivity index (χ2n) is 4.02. The van der Waals surface area contributed by atoms with Crippen LogP contribution in [0.15, 0.2) is 6.07 Å². The van der Waals surface area contributed by atoms with Gasteiger partial charge in [0.15, 0.2) is 0 Å². The molecule has 0 saturated carbocycles. The molecule has 1 saturated heterocycles. The number of nitrogen functional groups attached to an aromatic ring is 1. The van der Waals surface area contributed by atoms with Crippen LogP contribution in [0.4, 0.5) is 5.69 Å². The van der Waals surface area contributed by atoms with E-state index in [0.717, 1.165) is 25.2 Å². The molecule has 1 unspecified atom stereocenters. The monoisotopic (exact) mass is 222 g/mol. The van der Waals surface area contributed by atoms with Crippen LogP contribution in [0.2, 0.25) is 0 Å². The molecule has 5 nitrogen and oxygen atoms in total. The van der Waals surface area contributed by atoms with Gasteiger partial charge in [-0.2, -0.15) is 5.10 Å². The molecule has 1 fully saturated rings. The number of hydrogen-bond donors (Lipinski definition) is 1. The molecule has 2 N–H and O–H groups in total. The molecule has 0 spiro atoms. The van der Waals surface area contributed by atoms with Gasteiger partial charge >= 0.3 is 0 Å². The van der Waals surface area contributed by atoms with Crippen LogP contribution < -0.4 is 10.5 Å². The predicted molar refractivity (Wildman–Crippen MR) is 62.2 cm³/mol. The molecular formula is C11H18N4O. The van der Waals surface area contributed by atoms with Crippen LogP contribution in [-0.2, 0) is 0 Å². The van der Waals surface area contributed by atoms with Crippen LogP contribution >= 0.6 is 0 Å². The maximum atomic E-state index is 5.84. The summed E-state index contributed by atoms with van der Waals surface area (Å²) in [7, 11) is 1.55. The average molecular weight is 222 g/mol. The Labute approximate surface area is 95.6 Å². The van der Waals surface area contributed by atoms with E-state index in [0.29, 0.717) is 17.6 Å². The second-order valence-corrected chi connectivity index (χ2v) is 4.02. The third kappa shape index (κ3) is 1.95. The fourth-order valence-electron chi connectivity index (χ4n) is 2.27. The van der Waals surface area contributed by atoms with Crippen LogP contribution in [0.25, 0.3) is 0 Å². The minimum absolute atomic E-state index is 0.366. The van der Waals surface area contributed by atoms with Crippen molar-refractivity contribution in [3.8, 4) is 5.88 Å². The fraction of sp³-hybridized carbons (Fsp3) is 0.636. The highest BCUT2D eigenvalue weighted by atomic mass is 16.5. The van der Waals surface area contributed by atoms with E-state index >= 15 is 0 Å². The fourth-order valence-corrected chi connectivity index (χ4v) is 2.27. The Hall–Kier alpha value is -1.36. The smallest absolute Gasteiger partial charge is 0.256 e. The molecule has 1 aromatic rings. The molecule has 0 aromatic carbocycles. The summed E-state index contributed by atoms with van der Waals surface area (Å²) in [5.74, 6) is 0.407. The standard InChI is InChI=1S/C11H18N4O/c1-3-15-6-4-5-10(15)9-7-8(12)11(16-2)14-13-9/h7,10H,3-6H2,1-2H3,(H2,12,13). The van der Waals surface area contributed by atoms with E-state index in [9.17, 15) is 0 Å². The van der Waals surface area contributed by atoms with Gasteiger partial charge in [-0.15, -0.1) is 5.10 Å². The van der Waals surface area contributed by atoms with E-state index in [2.05, 4.69) is 22.0 Å². The SMILES string of the molecule is CCN1CCCC1c1cc(N)c(OC)nn1. The Morgan fingerprint density at radius 3 is 3.00 bits per heavy atom. The van der Waals surface area contributed by atoms with E-state index in [1.54, 1.807) is 7.11 Å². The van der Waals surface area contributed by atoms with Crippen molar-refractivity contribution in [1.29, 1.82) is 0 Å². The zero-order valence-corrected chi connectivity index (χ0v) is 9.81. The van der Waals surface area contributed by atoms with Gasteiger partial charge in [-0.1, -0.05) is 6.92 Å². The predicted octanol–water partition coefficient (Wildman–Crippen LogP) is 1.22. The molecule has 0 aliphatic carbocycles. The number of nitrogens with two attached hydrogens (primary N) is 1. The molecule has 16 heavy (non-hydrogen) atoms. The van der Waals surface area contributed by atoms with Crippen LogP contribution in [0.1, 0.15) is 31.5 Å². The summed E-state index contributed by atoms with van der Waals surface area (Å²) in [6.07, 6.45) is 2.35. The van der Waals surface area contributed by atoms with Crippen molar-refractivity contribution in [2.24, 2.45) is 0 Å². The molecule has 2 heterocycles. The summed E-state index contributed by atoms with van der Waals surface area (Å²) in [6, 6.07) is 2.25. The summed E-state index contributed by atoms with van der Waals surface area (Å²) < 4.78 is 5.00. The summed E-state index contributed by atoms with van der Waals surface area (Å²) in [5.41, 5.74) is 7.36. The highest BCUT2D eigenvalue weighted by Gasteiger charge is 2.26. The topological polar surface area (TPSA) is 64.3 Å². The first-order chi connectivity index (χ1) is 7.76. The summed E-state index contributed by atoms with van der Waals surface area (Å²) in [5, 5.41) is 8.18. The second kappa shape index (κ2) is 4.65. The third-order valence-corrected chi connectivity index (χ3v) is 3.11. The quantitative estimate of drug-likeness (QED) is 0.833. The number of hydrogen-bond acceptors (Lipinski definition) is 5. The summed E-state index contributed by atoms with van der Waals surface area (Å²) >= 11 is 0. The number of nitrogens with zero attached hydrogens (tertiary/aromatic N) is 3. The van der Waals surface area contributed by atoms with Gasteiger partial charge in [0.1, 0.15) is 0 Å². The minimum atomic E-state index is 0.366. The van der Waals surface area contributed by atoms with Crippen molar-refractivity contribution in [1.82, 2.24) is 15.1 Å². The molecule has 1 aromatic heterocycles.